The molecule has 2 fully saturated rings. The number of carbonyl (C=O) groups excluding carboxylic acids is 1. The Morgan fingerprint density at radius 1 is 1.15 bits per heavy atom. The summed E-state index contributed by atoms with van der Waals surface area (Å²) in [7, 11) is 0. The number of aromatic amines is 1. The van der Waals surface area contributed by atoms with Crippen LogP contribution in [0.15, 0.2) is 36.8 Å². The number of hydrogen-bond acceptors (Lipinski definition) is 4. The van der Waals surface area contributed by atoms with Gasteiger partial charge in [-0.05, 0) is 49.9 Å². The summed E-state index contributed by atoms with van der Waals surface area (Å²) in [5.74, 6) is -0.000727. The largest absolute Gasteiger partial charge is 0.390 e. The van der Waals surface area contributed by atoms with Crippen LogP contribution in [-0.4, -0.2) is 63.1 Å². The average molecular weight is 366 g/mol. The van der Waals surface area contributed by atoms with Gasteiger partial charge in [0.1, 0.15) is 5.69 Å². The van der Waals surface area contributed by atoms with Gasteiger partial charge in [-0.25, -0.2) is 4.98 Å². The van der Waals surface area contributed by atoms with Gasteiger partial charge in [0.05, 0.1) is 24.7 Å². The van der Waals surface area contributed by atoms with E-state index < -0.39 is 6.10 Å². The molecule has 6 nitrogen and oxygen atoms in total. The molecule has 3 aliphatic rings. The number of aromatic nitrogens is 2. The molecule has 1 aromatic carbocycles. The molecule has 2 N–H and O–H groups in total. The smallest absolute Gasteiger partial charge is 0.271 e. The molecule has 2 aliphatic heterocycles. The number of nitrogens with zero attached hydrogens (tertiary/aromatic N) is 3. The van der Waals surface area contributed by atoms with Crippen molar-refractivity contribution < 1.29 is 9.90 Å². The van der Waals surface area contributed by atoms with Crippen molar-refractivity contribution in [1.29, 1.82) is 0 Å². The van der Waals surface area contributed by atoms with Crippen molar-refractivity contribution in [3.63, 3.8) is 0 Å². The third-order valence-electron chi connectivity index (χ3n) is 6.89. The van der Waals surface area contributed by atoms with Gasteiger partial charge in [-0.15, -0.1) is 0 Å². The van der Waals surface area contributed by atoms with Gasteiger partial charge in [0.15, 0.2) is 0 Å². The normalized spacial score (nSPS) is 27.2. The second-order valence-corrected chi connectivity index (χ2v) is 8.13. The second kappa shape index (κ2) is 6.46. The van der Waals surface area contributed by atoms with Gasteiger partial charge in [-0.2, -0.15) is 0 Å². The van der Waals surface area contributed by atoms with E-state index in [-0.39, 0.29) is 17.4 Å². The second-order valence-electron chi connectivity index (χ2n) is 8.13. The van der Waals surface area contributed by atoms with E-state index in [2.05, 4.69) is 39.1 Å². The standard InChI is InChI=1S/C21H26N4O2/c26-19-18(24-9-3-4-10-24)15-5-1-2-6-16(15)21(19)7-11-25(12-8-21)20(27)17-13-22-14-23-17/h1-2,5-6,13-14,18-19,26H,3-4,7-12H2,(H,22,23)/t18-,19+/m1/s1. The molecule has 0 radical (unpaired) electrons. The highest BCUT2D eigenvalue weighted by Crippen LogP contribution is 2.53. The summed E-state index contributed by atoms with van der Waals surface area (Å²) in [5.41, 5.74) is 2.88. The SMILES string of the molecule is O=C(c1cnc[nH]1)N1CCC2(CC1)c1ccccc1[C@@H](N1CCCC1)[C@@H]2O. The molecule has 0 bridgehead atoms. The fourth-order valence-corrected chi connectivity index (χ4v) is 5.47. The molecule has 2 saturated heterocycles. The molecule has 27 heavy (non-hydrogen) atoms. The topological polar surface area (TPSA) is 72.5 Å². The Balaban J connectivity index is 1.42. The first-order valence-electron chi connectivity index (χ1n) is 10.00. The molecule has 3 heterocycles. The summed E-state index contributed by atoms with van der Waals surface area (Å²) in [6, 6.07) is 8.66. The third kappa shape index (κ3) is 2.54. The van der Waals surface area contributed by atoms with E-state index in [1.165, 1.54) is 30.3 Å². The summed E-state index contributed by atoms with van der Waals surface area (Å²) in [6.45, 7) is 3.46. The maximum atomic E-state index is 12.6. The highest BCUT2D eigenvalue weighted by molar-refractivity contribution is 5.92. The minimum absolute atomic E-state index is 0.000727. The van der Waals surface area contributed by atoms with Crippen molar-refractivity contribution in [2.75, 3.05) is 26.2 Å². The van der Waals surface area contributed by atoms with Crippen LogP contribution in [0.1, 0.15) is 53.3 Å². The summed E-state index contributed by atoms with van der Waals surface area (Å²) < 4.78 is 0. The van der Waals surface area contributed by atoms with Crippen molar-refractivity contribution in [2.45, 2.75) is 43.2 Å². The van der Waals surface area contributed by atoms with E-state index in [4.69, 9.17) is 0 Å². The van der Waals surface area contributed by atoms with Crippen LogP contribution in [0, 0.1) is 0 Å². The number of aliphatic hydroxyl groups excluding tert-OH is 1. The van der Waals surface area contributed by atoms with Gasteiger partial charge in [0.25, 0.3) is 5.91 Å². The fourth-order valence-electron chi connectivity index (χ4n) is 5.47. The third-order valence-corrected chi connectivity index (χ3v) is 6.89. The molecule has 1 spiro atoms. The minimum atomic E-state index is -0.405. The van der Waals surface area contributed by atoms with E-state index in [1.54, 1.807) is 6.20 Å². The molecule has 2 aromatic rings. The lowest BCUT2D eigenvalue weighted by Crippen LogP contribution is -2.51. The van der Waals surface area contributed by atoms with Crippen molar-refractivity contribution in [3.05, 3.63) is 53.6 Å². The average Bonchev–Trinajstić information content (AvgIpc) is 3.45. The maximum Gasteiger partial charge on any atom is 0.271 e. The lowest BCUT2D eigenvalue weighted by molar-refractivity contribution is -0.00782. The van der Waals surface area contributed by atoms with Crippen LogP contribution in [0.3, 0.4) is 0 Å². The lowest BCUT2D eigenvalue weighted by atomic mass is 9.72. The number of carbonyl (C=O) groups is 1. The first-order chi connectivity index (χ1) is 13.2. The first-order valence-corrected chi connectivity index (χ1v) is 10.00. The number of benzene rings is 1. The van der Waals surface area contributed by atoms with E-state index >= 15 is 0 Å². The zero-order valence-electron chi connectivity index (χ0n) is 15.5. The number of aliphatic hydroxyl groups is 1. The van der Waals surface area contributed by atoms with Gasteiger partial charge in [0, 0.05) is 18.5 Å². The first kappa shape index (κ1) is 17.0. The molecule has 0 saturated carbocycles. The molecule has 1 aromatic heterocycles. The summed E-state index contributed by atoms with van der Waals surface area (Å²) >= 11 is 0. The summed E-state index contributed by atoms with van der Waals surface area (Å²) in [5, 5.41) is 11.5. The van der Waals surface area contributed by atoms with Crippen LogP contribution >= 0.6 is 0 Å². The van der Waals surface area contributed by atoms with E-state index in [0.717, 1.165) is 25.9 Å². The molecular weight excluding hydrogens is 340 g/mol. The van der Waals surface area contributed by atoms with Crippen LogP contribution in [0.2, 0.25) is 0 Å². The Morgan fingerprint density at radius 3 is 2.59 bits per heavy atom. The van der Waals surface area contributed by atoms with Crippen molar-refractivity contribution in [1.82, 2.24) is 19.8 Å². The van der Waals surface area contributed by atoms with Gasteiger partial charge >= 0.3 is 0 Å². The molecular formula is C21H26N4O2. The quantitative estimate of drug-likeness (QED) is 0.854. The molecule has 2 atom stereocenters. The Kier molecular flexibility index (Phi) is 4.06. The number of fused-ring (bicyclic) bond motifs is 2. The molecule has 142 valence electrons. The molecule has 1 amide bonds. The number of H-pyrrole nitrogens is 1. The van der Waals surface area contributed by atoms with E-state index in [9.17, 15) is 9.90 Å². The Hall–Kier alpha value is -2.18. The predicted octanol–water partition coefficient (Wildman–Crippen LogP) is 2.10. The van der Waals surface area contributed by atoms with Gasteiger partial charge in [-0.3, -0.25) is 9.69 Å². The number of piperidine rings is 1. The number of imidazole rings is 1. The zero-order chi connectivity index (χ0) is 18.4. The number of amides is 1. The highest BCUT2D eigenvalue weighted by Gasteiger charge is 2.54. The Labute approximate surface area is 159 Å². The van der Waals surface area contributed by atoms with Crippen molar-refractivity contribution >= 4 is 5.91 Å². The summed E-state index contributed by atoms with van der Waals surface area (Å²) in [4.78, 5) is 23.9. The Morgan fingerprint density at radius 2 is 1.89 bits per heavy atom. The van der Waals surface area contributed by atoms with Gasteiger partial charge < -0.3 is 15.0 Å². The van der Waals surface area contributed by atoms with E-state index in [0.29, 0.717) is 18.8 Å². The highest BCUT2D eigenvalue weighted by atomic mass is 16.3. The molecule has 5 rings (SSSR count). The van der Waals surface area contributed by atoms with Gasteiger partial charge in [0.2, 0.25) is 0 Å². The monoisotopic (exact) mass is 366 g/mol. The van der Waals surface area contributed by atoms with E-state index in [1.807, 2.05) is 4.90 Å². The van der Waals surface area contributed by atoms with Crippen LogP contribution < -0.4 is 0 Å². The molecule has 1 aliphatic carbocycles. The summed E-state index contributed by atoms with van der Waals surface area (Å²) in [6.07, 6.45) is 6.74. The van der Waals surface area contributed by atoms with Crippen molar-refractivity contribution in [3.8, 4) is 0 Å². The van der Waals surface area contributed by atoms with Crippen molar-refractivity contribution in [2.24, 2.45) is 0 Å². The minimum Gasteiger partial charge on any atom is -0.390 e. The predicted molar refractivity (Wildman–Crippen MR) is 101 cm³/mol. The number of nitrogens with one attached hydrogen (secondary N) is 1. The number of hydrogen-bond donors (Lipinski definition) is 2. The lowest BCUT2D eigenvalue weighted by Gasteiger charge is -2.43. The maximum absolute atomic E-state index is 12.6. The molecule has 0 unspecified atom stereocenters. The van der Waals surface area contributed by atoms with Crippen LogP contribution in [0.25, 0.3) is 0 Å². The number of rotatable bonds is 2. The zero-order valence-corrected chi connectivity index (χ0v) is 15.5. The number of likely N-dealkylation sites (tertiary alicyclic amines) is 2. The fraction of sp³-hybridized carbons (Fsp3) is 0.524. The molecule has 6 heteroatoms. The van der Waals surface area contributed by atoms with Crippen LogP contribution in [0.4, 0.5) is 0 Å². The van der Waals surface area contributed by atoms with Crippen LogP contribution in [0.5, 0.6) is 0 Å². The van der Waals surface area contributed by atoms with Crippen LogP contribution in [-0.2, 0) is 5.41 Å². The Bertz CT molecular complexity index is 820. The van der Waals surface area contributed by atoms with Gasteiger partial charge in [-0.1, -0.05) is 24.3 Å².